The topological polar surface area (TPSA) is 33.5 Å². The smallest absolute Gasteiger partial charge is 0.266 e. The second-order valence-electron chi connectivity index (χ2n) is 6.56. The van der Waals surface area contributed by atoms with E-state index < -0.39 is 0 Å². The van der Waals surface area contributed by atoms with E-state index in [1.54, 1.807) is 35.2 Å². The number of amides is 1. The maximum Gasteiger partial charge on any atom is 0.266 e. The molecule has 1 saturated carbocycles. The third-order valence-electron chi connectivity index (χ3n) is 4.77. The molecule has 0 radical (unpaired) electrons. The van der Waals surface area contributed by atoms with Gasteiger partial charge in [-0.05, 0) is 37.1 Å². The van der Waals surface area contributed by atoms with Crippen LogP contribution < -0.4 is 0 Å². The third kappa shape index (κ3) is 3.48. The lowest BCUT2D eigenvalue weighted by molar-refractivity contribution is -0.124. The van der Waals surface area contributed by atoms with Crippen molar-refractivity contribution < 1.29 is 13.6 Å². The van der Waals surface area contributed by atoms with E-state index in [1.807, 2.05) is 0 Å². The number of carbonyl (C=O) groups is 1. The monoisotopic (exact) mass is 387 g/mol. The Morgan fingerprint density at radius 3 is 2.77 bits per heavy atom. The second-order valence-corrected chi connectivity index (χ2v) is 8.23. The zero-order valence-corrected chi connectivity index (χ0v) is 15.7. The second kappa shape index (κ2) is 7.37. The molecule has 0 unspecified atom stereocenters. The molecule has 1 aliphatic heterocycles. The van der Waals surface area contributed by atoms with Crippen LogP contribution in [0, 0.1) is 5.82 Å². The van der Waals surface area contributed by atoms with Crippen molar-refractivity contribution >= 4 is 40.3 Å². The minimum Gasteiger partial charge on any atom is -0.457 e. The van der Waals surface area contributed by atoms with Gasteiger partial charge in [0.1, 0.15) is 21.7 Å². The highest BCUT2D eigenvalue weighted by Gasteiger charge is 2.37. The van der Waals surface area contributed by atoms with E-state index in [0.717, 1.165) is 25.7 Å². The van der Waals surface area contributed by atoms with Gasteiger partial charge in [-0.3, -0.25) is 9.69 Å². The number of carbonyl (C=O) groups excluding carboxylic acids is 1. The van der Waals surface area contributed by atoms with Gasteiger partial charge < -0.3 is 4.42 Å². The standard InChI is InChI=1S/C20H18FNO2S2/c21-14-6-4-5-13(11-14)17-10-9-16(24-17)12-18-19(23)22(20(25)26-18)15-7-2-1-3-8-15/h4-6,9-12,15H,1-3,7-8H2/b18-12-. The van der Waals surface area contributed by atoms with Crippen molar-refractivity contribution in [2.75, 3.05) is 0 Å². The lowest BCUT2D eigenvalue weighted by atomic mass is 9.94. The first-order valence-corrected chi connectivity index (χ1v) is 9.97. The average molecular weight is 388 g/mol. The molecule has 4 rings (SSSR count). The van der Waals surface area contributed by atoms with Gasteiger partial charge in [-0.25, -0.2) is 4.39 Å². The van der Waals surface area contributed by atoms with E-state index in [9.17, 15) is 9.18 Å². The van der Waals surface area contributed by atoms with E-state index in [1.165, 1.54) is 30.3 Å². The first-order chi connectivity index (χ1) is 12.6. The Bertz CT molecular complexity index is 883. The molecule has 1 amide bonds. The molecule has 0 spiro atoms. The Labute approximate surface area is 161 Å². The molecular weight excluding hydrogens is 369 g/mol. The summed E-state index contributed by atoms with van der Waals surface area (Å²) in [5.74, 6) is 0.788. The molecular formula is C20H18FNO2S2. The van der Waals surface area contributed by atoms with Gasteiger partial charge in [0.15, 0.2) is 0 Å². The van der Waals surface area contributed by atoms with Gasteiger partial charge in [0.05, 0.1) is 4.91 Å². The lowest BCUT2D eigenvalue weighted by Gasteiger charge is -2.29. The SMILES string of the molecule is O=C1/C(=C/c2ccc(-c3cccc(F)c3)o2)SC(=S)N1C1CCCCC1. The summed E-state index contributed by atoms with van der Waals surface area (Å²) >= 11 is 6.77. The van der Waals surface area contributed by atoms with Crippen LogP contribution in [-0.2, 0) is 4.79 Å². The van der Waals surface area contributed by atoms with Gasteiger partial charge in [-0.2, -0.15) is 0 Å². The van der Waals surface area contributed by atoms with Gasteiger partial charge in [0.25, 0.3) is 5.91 Å². The van der Waals surface area contributed by atoms with Crippen LogP contribution in [0.4, 0.5) is 4.39 Å². The molecule has 134 valence electrons. The van der Waals surface area contributed by atoms with Crippen LogP contribution in [0.5, 0.6) is 0 Å². The number of hydrogen-bond donors (Lipinski definition) is 0. The summed E-state index contributed by atoms with van der Waals surface area (Å²) in [4.78, 5) is 15.2. The summed E-state index contributed by atoms with van der Waals surface area (Å²) in [6, 6.07) is 10.0. The third-order valence-corrected chi connectivity index (χ3v) is 6.10. The number of hydrogen-bond acceptors (Lipinski definition) is 4. The number of benzene rings is 1. The Hall–Kier alpha value is -1.92. The molecule has 1 aliphatic carbocycles. The number of rotatable bonds is 3. The lowest BCUT2D eigenvalue weighted by Crippen LogP contribution is -2.39. The van der Waals surface area contributed by atoms with Crippen LogP contribution in [0.1, 0.15) is 37.9 Å². The summed E-state index contributed by atoms with van der Waals surface area (Å²) in [5.41, 5.74) is 0.666. The van der Waals surface area contributed by atoms with Gasteiger partial charge >= 0.3 is 0 Å². The quantitative estimate of drug-likeness (QED) is 0.506. The van der Waals surface area contributed by atoms with Crippen LogP contribution in [-0.4, -0.2) is 21.2 Å². The van der Waals surface area contributed by atoms with Gasteiger partial charge in [0, 0.05) is 17.7 Å². The Balaban J connectivity index is 1.55. The van der Waals surface area contributed by atoms with E-state index >= 15 is 0 Å². The fraction of sp³-hybridized carbons (Fsp3) is 0.300. The molecule has 2 fully saturated rings. The molecule has 26 heavy (non-hydrogen) atoms. The summed E-state index contributed by atoms with van der Waals surface area (Å²) in [7, 11) is 0. The molecule has 3 nitrogen and oxygen atoms in total. The van der Waals surface area contributed by atoms with Crippen molar-refractivity contribution in [3.63, 3.8) is 0 Å². The van der Waals surface area contributed by atoms with Crippen molar-refractivity contribution in [1.29, 1.82) is 0 Å². The first-order valence-electron chi connectivity index (χ1n) is 8.75. The highest BCUT2D eigenvalue weighted by molar-refractivity contribution is 8.26. The number of furan rings is 1. The molecule has 2 aliphatic rings. The summed E-state index contributed by atoms with van der Waals surface area (Å²) in [6.45, 7) is 0. The molecule has 0 atom stereocenters. The zero-order chi connectivity index (χ0) is 18.1. The van der Waals surface area contributed by atoms with Crippen LogP contribution in [0.3, 0.4) is 0 Å². The molecule has 1 saturated heterocycles. The normalized spacial score (nSPS) is 20.3. The van der Waals surface area contributed by atoms with Crippen molar-refractivity contribution in [2.45, 2.75) is 38.1 Å². The minimum atomic E-state index is -0.311. The molecule has 6 heteroatoms. The van der Waals surface area contributed by atoms with E-state index in [2.05, 4.69) is 0 Å². The highest BCUT2D eigenvalue weighted by Crippen LogP contribution is 2.37. The fourth-order valence-corrected chi connectivity index (χ4v) is 4.87. The molecule has 2 aromatic rings. The fourth-order valence-electron chi connectivity index (χ4n) is 3.49. The maximum atomic E-state index is 13.4. The predicted molar refractivity (Wildman–Crippen MR) is 106 cm³/mol. The molecule has 0 N–H and O–H groups in total. The van der Waals surface area contributed by atoms with E-state index in [0.29, 0.717) is 26.3 Å². The van der Waals surface area contributed by atoms with Gasteiger partial charge in [0.2, 0.25) is 0 Å². The first kappa shape index (κ1) is 17.5. The van der Waals surface area contributed by atoms with Crippen molar-refractivity contribution in [2.24, 2.45) is 0 Å². The van der Waals surface area contributed by atoms with Crippen molar-refractivity contribution in [1.82, 2.24) is 4.90 Å². The maximum absolute atomic E-state index is 13.4. The highest BCUT2D eigenvalue weighted by atomic mass is 32.2. The number of thioether (sulfide) groups is 1. The molecule has 1 aromatic carbocycles. The minimum absolute atomic E-state index is 0.0318. The largest absolute Gasteiger partial charge is 0.457 e. The molecule has 2 heterocycles. The molecule has 1 aromatic heterocycles. The Kier molecular flexibility index (Phi) is 4.96. The summed E-state index contributed by atoms with van der Waals surface area (Å²) in [6.07, 6.45) is 7.29. The van der Waals surface area contributed by atoms with Crippen LogP contribution in [0.15, 0.2) is 45.7 Å². The summed E-state index contributed by atoms with van der Waals surface area (Å²) < 4.78 is 19.8. The van der Waals surface area contributed by atoms with Crippen LogP contribution in [0.2, 0.25) is 0 Å². The van der Waals surface area contributed by atoms with Crippen LogP contribution in [0.25, 0.3) is 17.4 Å². The van der Waals surface area contributed by atoms with Gasteiger partial charge in [-0.1, -0.05) is 55.4 Å². The van der Waals surface area contributed by atoms with Crippen molar-refractivity contribution in [3.8, 4) is 11.3 Å². The number of thiocarbonyl (C=S) groups is 1. The summed E-state index contributed by atoms with van der Waals surface area (Å²) in [5, 5.41) is 0. The number of halogens is 1. The molecule has 0 bridgehead atoms. The van der Waals surface area contributed by atoms with Gasteiger partial charge in [-0.15, -0.1) is 0 Å². The van der Waals surface area contributed by atoms with Crippen molar-refractivity contribution in [3.05, 3.63) is 52.9 Å². The van der Waals surface area contributed by atoms with E-state index in [4.69, 9.17) is 16.6 Å². The predicted octanol–water partition coefficient (Wildman–Crippen LogP) is 5.62. The van der Waals surface area contributed by atoms with E-state index in [-0.39, 0.29) is 17.8 Å². The average Bonchev–Trinajstić information content (AvgIpc) is 3.21. The Morgan fingerprint density at radius 2 is 2.00 bits per heavy atom. The van der Waals surface area contributed by atoms with Crippen LogP contribution >= 0.6 is 24.0 Å². The number of nitrogens with zero attached hydrogens (tertiary/aromatic N) is 1. The Morgan fingerprint density at radius 1 is 1.19 bits per heavy atom. The zero-order valence-electron chi connectivity index (χ0n) is 14.1.